The number of nitrogens with zero attached hydrogens (tertiary/aromatic N) is 1. The van der Waals surface area contributed by atoms with Crippen LogP contribution in [0.5, 0.6) is 0 Å². The number of quaternary nitrogens is 1. The Kier molecular flexibility index (Phi) is 19.6. The lowest BCUT2D eigenvalue weighted by atomic mass is 9.71. The zero-order chi connectivity index (χ0) is 32.5. The maximum absolute atomic E-state index is 13.1. The second-order valence-electron chi connectivity index (χ2n) is 13.0. The quantitative estimate of drug-likeness (QED) is 0.0407. The molecule has 0 bridgehead atoms. The van der Waals surface area contributed by atoms with Crippen molar-refractivity contribution in [2.45, 2.75) is 97.2 Å². The topological polar surface area (TPSA) is 142 Å². The number of unbranched alkanes of at least 4 members (excludes halogenated alkanes) is 1. The molecule has 10 nitrogen and oxygen atoms in total. The zero-order valence-corrected chi connectivity index (χ0v) is 29.4. The molecule has 0 aromatic carbocycles. The Hall–Kier alpha value is -1.02. The van der Waals surface area contributed by atoms with Gasteiger partial charge in [0.15, 0.2) is 0 Å². The summed E-state index contributed by atoms with van der Waals surface area (Å²) in [6.45, 7) is 10.3. The first-order valence-corrected chi connectivity index (χ1v) is 18.0. The van der Waals surface area contributed by atoms with Gasteiger partial charge in [-0.3, -0.25) is 18.9 Å². The van der Waals surface area contributed by atoms with E-state index in [1.807, 2.05) is 41.8 Å². The number of hydrogen-bond acceptors (Lipinski definition) is 7. The molecule has 13 heteroatoms. The maximum Gasteiger partial charge on any atom is 0.265 e. The van der Waals surface area contributed by atoms with Gasteiger partial charge in [0, 0.05) is 55.0 Å². The molecule has 0 fully saturated rings. The summed E-state index contributed by atoms with van der Waals surface area (Å²) in [6.07, 6.45) is 6.94. The molecule has 0 aromatic rings. The van der Waals surface area contributed by atoms with Gasteiger partial charge in [0.05, 0.1) is 32.9 Å². The SMILES string of the molecule is CCC(C)(CC(C)(C)C(=O)NCCCNC(=O)CCCCC(S)CCS)C(=O)NCCC[N+](C)(C)CCCS(=O)(=O)O. The van der Waals surface area contributed by atoms with Gasteiger partial charge in [-0.25, -0.2) is 0 Å². The van der Waals surface area contributed by atoms with Crippen LogP contribution in [0.2, 0.25) is 0 Å². The Balaban J connectivity index is 4.44. The van der Waals surface area contributed by atoms with Crippen molar-refractivity contribution in [1.82, 2.24) is 16.0 Å². The van der Waals surface area contributed by atoms with Crippen LogP contribution in [0.1, 0.15) is 91.9 Å². The van der Waals surface area contributed by atoms with Gasteiger partial charge in [-0.2, -0.15) is 33.7 Å². The van der Waals surface area contributed by atoms with Gasteiger partial charge in [-0.1, -0.05) is 34.1 Å². The summed E-state index contributed by atoms with van der Waals surface area (Å²) in [5.74, 6) is 0.388. The third-order valence-corrected chi connectivity index (χ3v) is 9.36. The molecule has 0 aromatic heterocycles. The van der Waals surface area contributed by atoms with Crippen LogP contribution < -0.4 is 16.0 Å². The Labute approximate surface area is 266 Å². The van der Waals surface area contributed by atoms with Crippen molar-refractivity contribution in [3.05, 3.63) is 0 Å². The lowest BCUT2D eigenvalue weighted by Gasteiger charge is -2.35. The minimum atomic E-state index is -3.96. The fraction of sp³-hybridized carbons (Fsp3) is 0.897. The van der Waals surface area contributed by atoms with E-state index in [-0.39, 0.29) is 23.5 Å². The summed E-state index contributed by atoms with van der Waals surface area (Å²) in [5, 5.41) is 9.24. The van der Waals surface area contributed by atoms with Crippen molar-refractivity contribution in [2.75, 3.05) is 58.3 Å². The molecular formula is C29H59N4O6S3+. The van der Waals surface area contributed by atoms with Gasteiger partial charge in [0.25, 0.3) is 10.1 Å². The average molecular weight is 656 g/mol. The molecule has 0 aliphatic rings. The summed E-state index contributed by atoms with van der Waals surface area (Å²) >= 11 is 8.72. The number of thiol groups is 2. The molecule has 0 aliphatic heterocycles. The smallest absolute Gasteiger partial charge is 0.265 e. The average Bonchev–Trinajstić information content (AvgIpc) is 2.87. The van der Waals surface area contributed by atoms with Gasteiger partial charge in [0.2, 0.25) is 17.7 Å². The van der Waals surface area contributed by atoms with E-state index in [1.165, 1.54) is 0 Å². The zero-order valence-electron chi connectivity index (χ0n) is 26.8. The van der Waals surface area contributed by atoms with E-state index in [9.17, 15) is 22.8 Å². The van der Waals surface area contributed by atoms with Crippen LogP contribution in [0.25, 0.3) is 0 Å². The van der Waals surface area contributed by atoms with Crippen molar-refractivity contribution in [3.63, 3.8) is 0 Å². The Morgan fingerprint density at radius 2 is 1.43 bits per heavy atom. The number of amides is 3. The van der Waals surface area contributed by atoms with Gasteiger partial charge < -0.3 is 20.4 Å². The Bertz CT molecular complexity index is 930. The number of nitrogens with one attached hydrogen (secondary N) is 3. The van der Waals surface area contributed by atoms with Crippen molar-refractivity contribution in [3.8, 4) is 0 Å². The van der Waals surface area contributed by atoms with Crippen LogP contribution in [-0.4, -0.2) is 98.7 Å². The fourth-order valence-corrected chi connectivity index (χ4v) is 6.26. The predicted molar refractivity (Wildman–Crippen MR) is 178 cm³/mol. The summed E-state index contributed by atoms with van der Waals surface area (Å²) in [4.78, 5) is 38.2. The van der Waals surface area contributed by atoms with Crippen LogP contribution in [0.3, 0.4) is 0 Å². The monoisotopic (exact) mass is 655 g/mol. The molecule has 0 heterocycles. The van der Waals surface area contributed by atoms with Crippen molar-refractivity contribution in [1.29, 1.82) is 0 Å². The lowest BCUT2D eigenvalue weighted by Crippen LogP contribution is -2.47. The minimum absolute atomic E-state index is 0.0240. The molecule has 2 unspecified atom stereocenters. The highest BCUT2D eigenvalue weighted by Gasteiger charge is 2.40. The van der Waals surface area contributed by atoms with Gasteiger partial charge in [-0.05, 0) is 44.3 Å². The van der Waals surface area contributed by atoms with Crippen LogP contribution >= 0.6 is 25.3 Å². The first kappa shape index (κ1) is 41.0. The van der Waals surface area contributed by atoms with Crippen molar-refractivity contribution >= 4 is 53.1 Å². The molecular weight excluding hydrogens is 597 g/mol. The summed E-state index contributed by atoms with van der Waals surface area (Å²) in [6, 6.07) is 0. The van der Waals surface area contributed by atoms with Gasteiger partial charge in [0.1, 0.15) is 0 Å². The van der Waals surface area contributed by atoms with Crippen LogP contribution in [0, 0.1) is 10.8 Å². The standard InChI is InChI=1S/C29H58N4O6S3/c1-7-29(4,27(36)32-18-11-19-33(5,6)20-12-22-42(37,38)39)23-28(2,3)26(35)31-17-10-16-30-25(34)14-9-8-13-24(41)15-21-40/h24H,7-23H2,1-6H3,(H5-,30,31,32,34,35,36,37,38,39,40,41)/p+1. The Morgan fingerprint density at radius 3 is 2.02 bits per heavy atom. The fourth-order valence-electron chi connectivity index (χ4n) is 4.94. The summed E-state index contributed by atoms with van der Waals surface area (Å²) < 4.78 is 31.4. The minimum Gasteiger partial charge on any atom is -0.356 e. The van der Waals surface area contributed by atoms with E-state index < -0.39 is 20.9 Å². The molecule has 2 atom stereocenters. The van der Waals surface area contributed by atoms with E-state index in [0.29, 0.717) is 68.0 Å². The molecule has 3 amide bonds. The number of hydrogen-bond donors (Lipinski definition) is 6. The summed E-state index contributed by atoms with van der Waals surface area (Å²) in [5.41, 5.74) is -1.47. The molecule has 248 valence electrons. The first-order valence-electron chi connectivity index (χ1n) is 15.3. The van der Waals surface area contributed by atoms with Crippen LogP contribution in [0.15, 0.2) is 0 Å². The summed E-state index contributed by atoms with van der Waals surface area (Å²) in [7, 11) is 0.0231. The highest BCUT2D eigenvalue weighted by molar-refractivity contribution is 7.85. The lowest BCUT2D eigenvalue weighted by molar-refractivity contribution is -0.890. The second-order valence-corrected chi connectivity index (χ2v) is 15.7. The molecule has 42 heavy (non-hydrogen) atoms. The molecule has 0 aliphatic carbocycles. The highest BCUT2D eigenvalue weighted by atomic mass is 32.2. The van der Waals surface area contributed by atoms with E-state index in [1.54, 1.807) is 0 Å². The molecule has 0 radical (unpaired) electrons. The maximum atomic E-state index is 13.1. The molecule has 0 rings (SSSR count). The second kappa shape index (κ2) is 20.1. The molecule has 0 saturated heterocycles. The van der Waals surface area contributed by atoms with Gasteiger partial charge in [-0.15, -0.1) is 0 Å². The highest BCUT2D eigenvalue weighted by Crippen LogP contribution is 2.37. The largest absolute Gasteiger partial charge is 0.356 e. The van der Waals surface area contributed by atoms with E-state index >= 15 is 0 Å². The first-order chi connectivity index (χ1) is 19.4. The van der Waals surface area contributed by atoms with E-state index in [2.05, 4.69) is 41.2 Å². The van der Waals surface area contributed by atoms with Crippen molar-refractivity contribution < 1.29 is 31.8 Å². The molecule has 0 spiro atoms. The molecule has 4 N–H and O–H groups in total. The number of carbonyl (C=O) groups is 3. The van der Waals surface area contributed by atoms with E-state index in [4.69, 9.17) is 4.55 Å². The van der Waals surface area contributed by atoms with Crippen LogP contribution in [-0.2, 0) is 24.5 Å². The third kappa shape index (κ3) is 19.3. The van der Waals surface area contributed by atoms with Gasteiger partial charge >= 0.3 is 0 Å². The number of carbonyl (C=O) groups excluding carboxylic acids is 3. The van der Waals surface area contributed by atoms with Crippen molar-refractivity contribution in [2.24, 2.45) is 10.8 Å². The predicted octanol–water partition coefficient (Wildman–Crippen LogP) is 3.48. The Morgan fingerprint density at radius 1 is 0.857 bits per heavy atom. The van der Waals surface area contributed by atoms with Crippen LogP contribution in [0.4, 0.5) is 0 Å². The molecule has 0 saturated carbocycles. The third-order valence-electron chi connectivity index (χ3n) is 7.78. The number of rotatable bonds is 24. The normalized spacial score (nSPS) is 14.6. The van der Waals surface area contributed by atoms with E-state index in [0.717, 1.165) is 44.4 Å².